The van der Waals surface area contributed by atoms with E-state index in [1.165, 1.54) is 12.1 Å². The Morgan fingerprint density at radius 1 is 0.791 bits per heavy atom. The fraction of sp³-hybridized carbons (Fsp3) is 0.433. The van der Waals surface area contributed by atoms with Crippen LogP contribution in [-0.2, 0) is 32.0 Å². The molecule has 0 aliphatic rings. The van der Waals surface area contributed by atoms with E-state index in [2.05, 4.69) is 20.9 Å². The SMILES string of the molecule is CC(C)CC(NC(=O)C(Cc1ccc(O)cc1)NC(=O)C(Cc1ccccc1)NC(=O)C(N)CCCN=C(N)N)C(=O)O. The molecule has 0 spiro atoms. The molecule has 0 saturated heterocycles. The van der Waals surface area contributed by atoms with Crippen LogP contribution in [0.5, 0.6) is 5.75 Å². The number of aliphatic carboxylic acids is 1. The Morgan fingerprint density at radius 3 is 1.81 bits per heavy atom. The van der Waals surface area contributed by atoms with Crippen molar-refractivity contribution in [2.75, 3.05) is 6.54 Å². The Hall–Kier alpha value is -4.65. The first-order valence-corrected chi connectivity index (χ1v) is 14.1. The molecule has 2 aromatic carbocycles. The normalized spacial score (nSPS) is 13.7. The molecule has 0 fully saturated rings. The Balaban J connectivity index is 2.28. The summed E-state index contributed by atoms with van der Waals surface area (Å²) < 4.78 is 0. The summed E-state index contributed by atoms with van der Waals surface area (Å²) in [6, 6.07) is 10.7. The van der Waals surface area contributed by atoms with Crippen LogP contribution in [0.1, 0.15) is 44.2 Å². The first-order valence-electron chi connectivity index (χ1n) is 14.1. The molecule has 4 atom stereocenters. The van der Waals surface area contributed by atoms with Crippen molar-refractivity contribution in [1.82, 2.24) is 16.0 Å². The third-order valence-corrected chi connectivity index (χ3v) is 6.55. The first kappa shape index (κ1) is 34.6. The first-order chi connectivity index (χ1) is 20.3. The van der Waals surface area contributed by atoms with Gasteiger partial charge in [-0.05, 0) is 48.4 Å². The number of rotatable bonds is 17. The third kappa shape index (κ3) is 12.8. The number of aliphatic imine (C=N–C) groups is 1. The molecule has 0 bridgehead atoms. The van der Waals surface area contributed by atoms with E-state index >= 15 is 0 Å². The quantitative estimate of drug-likeness (QED) is 0.0702. The number of benzene rings is 2. The fourth-order valence-electron chi connectivity index (χ4n) is 4.30. The number of nitrogens with one attached hydrogen (secondary N) is 3. The maximum absolute atomic E-state index is 13.6. The molecule has 0 aliphatic heterocycles. The molecule has 43 heavy (non-hydrogen) atoms. The smallest absolute Gasteiger partial charge is 0.326 e. The van der Waals surface area contributed by atoms with E-state index in [1.807, 2.05) is 19.9 Å². The number of carbonyl (C=O) groups excluding carboxylic acids is 3. The van der Waals surface area contributed by atoms with Gasteiger partial charge >= 0.3 is 5.97 Å². The van der Waals surface area contributed by atoms with Gasteiger partial charge in [0.05, 0.1) is 6.04 Å². The zero-order valence-corrected chi connectivity index (χ0v) is 24.5. The maximum atomic E-state index is 13.6. The summed E-state index contributed by atoms with van der Waals surface area (Å²) in [6.07, 6.45) is 1.01. The van der Waals surface area contributed by atoms with Crippen LogP contribution in [-0.4, -0.2) is 70.6 Å². The molecule has 3 amide bonds. The minimum absolute atomic E-state index is 0.00216. The van der Waals surface area contributed by atoms with Crippen molar-refractivity contribution in [2.45, 2.75) is 70.1 Å². The average Bonchev–Trinajstić information content (AvgIpc) is 2.95. The molecule has 13 nitrogen and oxygen atoms in total. The van der Waals surface area contributed by atoms with Gasteiger partial charge in [0, 0.05) is 19.4 Å². The van der Waals surface area contributed by atoms with Crippen LogP contribution in [0.2, 0.25) is 0 Å². The summed E-state index contributed by atoms with van der Waals surface area (Å²) in [5, 5.41) is 27.2. The minimum atomic E-state index is -1.19. The second-order valence-corrected chi connectivity index (χ2v) is 10.8. The van der Waals surface area contributed by atoms with Crippen LogP contribution in [0, 0.1) is 5.92 Å². The van der Waals surface area contributed by atoms with Crippen molar-refractivity contribution in [3.63, 3.8) is 0 Å². The lowest BCUT2D eigenvalue weighted by Crippen LogP contribution is -2.58. The van der Waals surface area contributed by atoms with Crippen LogP contribution in [0.25, 0.3) is 0 Å². The van der Waals surface area contributed by atoms with Crippen molar-refractivity contribution < 1.29 is 29.4 Å². The van der Waals surface area contributed by atoms with E-state index in [0.29, 0.717) is 18.5 Å². The summed E-state index contributed by atoms with van der Waals surface area (Å²) >= 11 is 0. The fourth-order valence-corrected chi connectivity index (χ4v) is 4.30. The molecule has 13 heteroatoms. The van der Waals surface area contributed by atoms with E-state index < -0.39 is 47.9 Å². The van der Waals surface area contributed by atoms with E-state index in [1.54, 1.807) is 36.4 Å². The Bertz CT molecular complexity index is 1230. The number of amides is 3. The van der Waals surface area contributed by atoms with Gasteiger partial charge in [0.1, 0.15) is 23.9 Å². The van der Waals surface area contributed by atoms with Gasteiger partial charge < -0.3 is 43.4 Å². The number of carboxylic acids is 1. The number of guanidine groups is 1. The highest BCUT2D eigenvalue weighted by Gasteiger charge is 2.31. The summed E-state index contributed by atoms with van der Waals surface area (Å²) in [4.78, 5) is 55.7. The summed E-state index contributed by atoms with van der Waals surface area (Å²) in [7, 11) is 0. The van der Waals surface area contributed by atoms with Gasteiger partial charge in [-0.3, -0.25) is 19.4 Å². The highest BCUT2D eigenvalue weighted by molar-refractivity contribution is 5.94. The Labute approximate surface area is 251 Å². The van der Waals surface area contributed by atoms with Crippen molar-refractivity contribution in [3.8, 4) is 5.75 Å². The maximum Gasteiger partial charge on any atom is 0.326 e. The summed E-state index contributed by atoms with van der Waals surface area (Å²) in [6.45, 7) is 3.96. The molecule has 0 aliphatic carbocycles. The van der Waals surface area contributed by atoms with Gasteiger partial charge in [-0.1, -0.05) is 56.3 Å². The largest absolute Gasteiger partial charge is 0.508 e. The second kappa shape index (κ2) is 17.3. The van der Waals surface area contributed by atoms with E-state index in [0.717, 1.165) is 5.56 Å². The monoisotopic (exact) mass is 597 g/mol. The van der Waals surface area contributed by atoms with Crippen LogP contribution >= 0.6 is 0 Å². The Morgan fingerprint density at radius 2 is 1.30 bits per heavy atom. The minimum Gasteiger partial charge on any atom is -0.508 e. The number of hydrogen-bond acceptors (Lipinski definition) is 7. The molecule has 2 rings (SSSR count). The van der Waals surface area contributed by atoms with Crippen molar-refractivity contribution >= 4 is 29.7 Å². The van der Waals surface area contributed by atoms with Gasteiger partial charge in [-0.25, -0.2) is 4.79 Å². The van der Waals surface area contributed by atoms with E-state index in [-0.39, 0.29) is 43.3 Å². The number of phenols is 1. The molecular formula is C30H43N7O6. The van der Waals surface area contributed by atoms with Crippen molar-refractivity contribution in [3.05, 3.63) is 65.7 Å². The molecular weight excluding hydrogens is 554 g/mol. The zero-order chi connectivity index (χ0) is 31.9. The number of nitrogens with two attached hydrogens (primary N) is 3. The lowest BCUT2D eigenvalue weighted by molar-refractivity contribution is -0.142. The number of aromatic hydroxyl groups is 1. The second-order valence-electron chi connectivity index (χ2n) is 10.8. The molecule has 11 N–H and O–H groups in total. The average molecular weight is 598 g/mol. The molecule has 2 aromatic rings. The van der Waals surface area contributed by atoms with Gasteiger partial charge in [0.2, 0.25) is 17.7 Å². The topological polar surface area (TPSA) is 235 Å². The highest BCUT2D eigenvalue weighted by Crippen LogP contribution is 2.13. The number of phenolic OH excluding ortho intramolecular Hbond substituents is 1. The Kier molecular flexibility index (Phi) is 13.9. The zero-order valence-electron chi connectivity index (χ0n) is 24.5. The summed E-state index contributed by atoms with van der Waals surface area (Å²) in [5.74, 6) is -3.17. The molecule has 4 unspecified atom stereocenters. The van der Waals surface area contributed by atoms with Crippen LogP contribution < -0.4 is 33.2 Å². The van der Waals surface area contributed by atoms with Gasteiger partial charge in [0.15, 0.2) is 5.96 Å². The number of hydrogen-bond donors (Lipinski definition) is 8. The van der Waals surface area contributed by atoms with E-state index in [9.17, 15) is 29.4 Å². The van der Waals surface area contributed by atoms with Crippen LogP contribution in [0.15, 0.2) is 59.6 Å². The van der Waals surface area contributed by atoms with Crippen LogP contribution in [0.3, 0.4) is 0 Å². The van der Waals surface area contributed by atoms with Gasteiger partial charge in [-0.2, -0.15) is 0 Å². The molecule has 0 radical (unpaired) electrons. The predicted octanol–water partition coefficient (Wildman–Crippen LogP) is 0.143. The standard InChI is InChI=1S/C30H43N7O6/c1-18(2)15-25(29(42)43)37-28(41)24(17-20-10-12-21(38)13-11-20)36-27(40)23(16-19-7-4-3-5-8-19)35-26(39)22(31)9-6-14-34-30(32)33/h3-5,7-8,10-13,18,22-25,38H,6,9,14-17,31H2,1-2H3,(H,35,39)(H,36,40)(H,37,41)(H,42,43)(H4,32,33,34). The van der Waals surface area contributed by atoms with Crippen molar-refractivity contribution in [1.29, 1.82) is 0 Å². The molecule has 0 saturated carbocycles. The highest BCUT2D eigenvalue weighted by atomic mass is 16.4. The third-order valence-electron chi connectivity index (χ3n) is 6.55. The van der Waals surface area contributed by atoms with Crippen molar-refractivity contribution in [2.24, 2.45) is 28.1 Å². The van der Waals surface area contributed by atoms with Gasteiger partial charge in [-0.15, -0.1) is 0 Å². The van der Waals surface area contributed by atoms with Crippen LogP contribution in [0.4, 0.5) is 0 Å². The molecule has 234 valence electrons. The van der Waals surface area contributed by atoms with E-state index in [4.69, 9.17) is 17.2 Å². The number of nitrogens with zero attached hydrogens (tertiary/aromatic N) is 1. The lowest BCUT2D eigenvalue weighted by Gasteiger charge is -2.26. The lowest BCUT2D eigenvalue weighted by atomic mass is 10.0. The predicted molar refractivity (Wildman–Crippen MR) is 163 cm³/mol. The molecule has 0 aromatic heterocycles. The summed E-state index contributed by atoms with van der Waals surface area (Å²) in [5.41, 5.74) is 18.1. The molecule has 0 heterocycles. The van der Waals surface area contributed by atoms with Gasteiger partial charge in [0.25, 0.3) is 0 Å². The number of carbonyl (C=O) groups is 4. The number of carboxylic acid groups (broad SMARTS) is 1.